The third-order valence-electron chi connectivity index (χ3n) is 8.24. The van der Waals surface area contributed by atoms with E-state index in [1.165, 1.54) is 25.1 Å². The minimum absolute atomic E-state index is 0.00301. The van der Waals surface area contributed by atoms with Gasteiger partial charge in [0.1, 0.15) is 30.5 Å². The summed E-state index contributed by atoms with van der Waals surface area (Å²) in [5.41, 5.74) is 11.3. The first-order chi connectivity index (χ1) is 26.9. The molecular formula is C37H58N8O12. The van der Waals surface area contributed by atoms with Crippen LogP contribution < -0.4 is 43.4 Å². The van der Waals surface area contributed by atoms with Gasteiger partial charge in [0.2, 0.25) is 23.6 Å². The Kier molecular flexibility index (Phi) is 22.8. The molecule has 0 aliphatic heterocycles. The molecule has 20 nitrogen and oxygen atoms in total. The predicted molar refractivity (Wildman–Crippen MR) is 206 cm³/mol. The van der Waals surface area contributed by atoms with Crippen LogP contribution in [0.2, 0.25) is 0 Å². The van der Waals surface area contributed by atoms with E-state index >= 15 is 0 Å². The number of primary amides is 1. The van der Waals surface area contributed by atoms with Crippen molar-refractivity contribution in [3.8, 4) is 0 Å². The van der Waals surface area contributed by atoms with Crippen molar-refractivity contribution in [3.63, 3.8) is 0 Å². The zero-order valence-electron chi connectivity index (χ0n) is 33.2. The van der Waals surface area contributed by atoms with E-state index in [0.29, 0.717) is 5.56 Å². The highest BCUT2D eigenvalue weighted by molar-refractivity contribution is 6.01. The average Bonchev–Trinajstić information content (AvgIpc) is 3.14. The van der Waals surface area contributed by atoms with Gasteiger partial charge in [-0.15, -0.1) is 0 Å². The van der Waals surface area contributed by atoms with Crippen molar-refractivity contribution < 1.29 is 57.7 Å². The Morgan fingerprint density at radius 3 is 2.05 bits per heavy atom. The molecule has 1 aromatic rings. The fourth-order valence-corrected chi connectivity index (χ4v) is 5.05. The van der Waals surface area contributed by atoms with Gasteiger partial charge in [-0.3, -0.25) is 38.4 Å². The van der Waals surface area contributed by atoms with E-state index in [0.717, 1.165) is 0 Å². The number of carboxylic acid groups (broad SMARTS) is 1. The molecule has 11 N–H and O–H groups in total. The molecule has 0 bridgehead atoms. The topological polar surface area (TPSA) is 317 Å². The van der Waals surface area contributed by atoms with Crippen LogP contribution in [0.5, 0.6) is 0 Å². The first kappa shape index (κ1) is 49.4. The molecule has 0 radical (unpaired) electrons. The van der Waals surface area contributed by atoms with Gasteiger partial charge >= 0.3 is 18.0 Å². The van der Waals surface area contributed by atoms with Crippen LogP contribution in [0.25, 0.3) is 0 Å². The second-order valence-corrected chi connectivity index (χ2v) is 13.7. The molecule has 0 fully saturated rings. The maximum Gasteiger partial charge on any atom is 0.312 e. The Morgan fingerprint density at radius 1 is 0.789 bits per heavy atom. The smallest absolute Gasteiger partial charge is 0.312 e. The highest BCUT2D eigenvalue weighted by atomic mass is 16.5. The maximum atomic E-state index is 13.7. The number of amides is 7. The van der Waals surface area contributed by atoms with Gasteiger partial charge in [-0.25, -0.2) is 4.79 Å². The molecule has 57 heavy (non-hydrogen) atoms. The lowest BCUT2D eigenvalue weighted by atomic mass is 10.0. The molecule has 0 spiro atoms. The summed E-state index contributed by atoms with van der Waals surface area (Å²) in [5, 5.41) is 24.6. The summed E-state index contributed by atoms with van der Waals surface area (Å²) in [5.74, 6) is -6.03. The van der Waals surface area contributed by atoms with E-state index in [9.17, 15) is 48.3 Å². The van der Waals surface area contributed by atoms with Crippen molar-refractivity contribution in [2.24, 2.45) is 23.3 Å². The summed E-state index contributed by atoms with van der Waals surface area (Å²) in [6.45, 7) is 8.16. The van der Waals surface area contributed by atoms with Crippen LogP contribution in [0.1, 0.15) is 89.1 Å². The maximum absolute atomic E-state index is 13.7. The highest BCUT2D eigenvalue weighted by Gasteiger charge is 2.32. The Balaban J connectivity index is 3.21. The van der Waals surface area contributed by atoms with Crippen molar-refractivity contribution >= 4 is 59.0 Å². The summed E-state index contributed by atoms with van der Waals surface area (Å²) in [7, 11) is 0. The number of benzene rings is 1. The number of anilines is 1. The van der Waals surface area contributed by atoms with Crippen molar-refractivity contribution in [1.82, 2.24) is 26.6 Å². The van der Waals surface area contributed by atoms with Gasteiger partial charge < -0.3 is 57.9 Å². The minimum atomic E-state index is -1.34. The zero-order valence-corrected chi connectivity index (χ0v) is 33.2. The molecule has 3 atom stereocenters. The van der Waals surface area contributed by atoms with Crippen LogP contribution >= 0.6 is 0 Å². The monoisotopic (exact) mass is 806 g/mol. The number of carbonyl (C=O) groups is 9. The van der Waals surface area contributed by atoms with E-state index < -0.39 is 78.0 Å². The van der Waals surface area contributed by atoms with Crippen molar-refractivity contribution in [1.29, 1.82) is 0 Å². The third-order valence-corrected chi connectivity index (χ3v) is 8.24. The number of hydrogen-bond donors (Lipinski definition) is 9. The van der Waals surface area contributed by atoms with E-state index in [2.05, 4.69) is 31.9 Å². The Hall–Kier alpha value is -5.63. The van der Waals surface area contributed by atoms with E-state index in [1.54, 1.807) is 27.7 Å². The van der Waals surface area contributed by atoms with E-state index in [-0.39, 0.29) is 94.5 Å². The largest absolute Gasteiger partial charge is 0.481 e. The molecule has 1 rings (SSSR count). The highest BCUT2D eigenvalue weighted by Crippen LogP contribution is 2.19. The number of esters is 1. The zero-order chi connectivity index (χ0) is 43.1. The molecule has 0 saturated heterocycles. The van der Waals surface area contributed by atoms with E-state index in [1.807, 2.05) is 0 Å². The molecule has 318 valence electrons. The summed E-state index contributed by atoms with van der Waals surface area (Å²) in [4.78, 5) is 112. The number of nitrogens with one attached hydrogen (secondary N) is 6. The van der Waals surface area contributed by atoms with Crippen LogP contribution in [-0.4, -0.2) is 109 Å². The Morgan fingerprint density at radius 2 is 1.46 bits per heavy atom. The lowest BCUT2D eigenvalue weighted by Crippen LogP contribution is -2.58. The standard InChI is InChI=1S/C37H58N8O12/c1-21(2)29(47)12-17-56-18-13-30(48)43-28(10-11-31(49)50)35(53)45-32(22(3)4)36(54)44-27(7-6-15-41-37(39)55)34(52)42-25-9-8-24(20-57-23(5)46)26(19-25)33(51)40-16-14-38/h8-9,19,21-22,27-28,32H,6-7,10-18,20,38H2,1-5H3,(H,40,51)(H,42,52)(H,43,48)(H,44,54)(H,45,53)(H,49,50)(H3,39,41,55)/t27-,28-,32-/m0/s1. The van der Waals surface area contributed by atoms with E-state index in [4.69, 9.17) is 20.9 Å². The van der Waals surface area contributed by atoms with Crippen molar-refractivity contribution in [2.75, 3.05) is 38.2 Å². The summed E-state index contributed by atoms with van der Waals surface area (Å²) in [6.07, 6.45) is -0.627. The van der Waals surface area contributed by atoms with Gasteiger partial charge in [0.15, 0.2) is 0 Å². The van der Waals surface area contributed by atoms with Crippen molar-refractivity contribution in [3.05, 3.63) is 29.3 Å². The predicted octanol–water partition coefficient (Wildman–Crippen LogP) is -0.178. The molecule has 1 aromatic carbocycles. The van der Waals surface area contributed by atoms with Crippen LogP contribution in [0.15, 0.2) is 18.2 Å². The van der Waals surface area contributed by atoms with Crippen molar-refractivity contribution in [2.45, 2.75) is 97.9 Å². The summed E-state index contributed by atoms with van der Waals surface area (Å²) in [6, 6.07) is -0.352. The van der Waals surface area contributed by atoms with Crippen LogP contribution in [-0.2, 0) is 49.6 Å². The first-order valence-electron chi connectivity index (χ1n) is 18.7. The lowest BCUT2D eigenvalue weighted by Gasteiger charge is -2.27. The number of ether oxygens (including phenoxy) is 2. The van der Waals surface area contributed by atoms with Crippen LogP contribution in [0, 0.1) is 11.8 Å². The van der Waals surface area contributed by atoms with Gasteiger partial charge in [0.25, 0.3) is 5.91 Å². The summed E-state index contributed by atoms with van der Waals surface area (Å²) < 4.78 is 10.4. The second-order valence-electron chi connectivity index (χ2n) is 13.7. The number of Topliss-reactive ketones (excluding diaryl/α,β-unsaturated/α-hetero) is 1. The first-order valence-corrected chi connectivity index (χ1v) is 18.7. The quantitative estimate of drug-likeness (QED) is 0.0412. The minimum Gasteiger partial charge on any atom is -0.481 e. The lowest BCUT2D eigenvalue weighted by molar-refractivity contribution is -0.142. The fourth-order valence-electron chi connectivity index (χ4n) is 5.05. The van der Waals surface area contributed by atoms with Crippen LogP contribution in [0.4, 0.5) is 10.5 Å². The molecular weight excluding hydrogens is 748 g/mol. The summed E-state index contributed by atoms with van der Waals surface area (Å²) >= 11 is 0. The molecule has 20 heteroatoms. The number of urea groups is 1. The molecule has 7 amide bonds. The molecule has 0 unspecified atom stereocenters. The molecule has 0 aliphatic rings. The van der Waals surface area contributed by atoms with Gasteiger partial charge in [-0.1, -0.05) is 33.8 Å². The number of nitrogens with two attached hydrogens (primary N) is 2. The van der Waals surface area contributed by atoms with Crippen LogP contribution in [0.3, 0.4) is 0 Å². The molecule has 0 aliphatic carbocycles. The second kappa shape index (κ2) is 26.3. The SMILES string of the molecule is CC(=O)OCc1ccc(NC(=O)[C@H](CCCNC(N)=O)NC(=O)[C@@H](NC(=O)[C@H](CCC(=O)O)NC(=O)CCOCCC(=O)C(C)C)C(C)C)cc1C(=O)NCCN. The van der Waals surface area contributed by atoms with Gasteiger partial charge in [-0.2, -0.15) is 0 Å². The molecule has 0 saturated carbocycles. The normalized spacial score (nSPS) is 12.4. The van der Waals surface area contributed by atoms with Gasteiger partial charge in [0, 0.05) is 68.6 Å². The number of ketones is 1. The average molecular weight is 807 g/mol. The number of aliphatic carboxylic acids is 1. The molecule has 0 heterocycles. The number of hydrogen-bond acceptors (Lipinski definition) is 12. The number of carboxylic acids is 1. The molecule has 0 aromatic heterocycles. The Labute approximate surface area is 331 Å². The number of rotatable bonds is 27. The third kappa shape index (κ3) is 20.2. The van der Waals surface area contributed by atoms with Gasteiger partial charge in [0.05, 0.1) is 13.2 Å². The number of carbonyl (C=O) groups excluding carboxylic acids is 8. The Bertz CT molecular complexity index is 1570. The fraction of sp³-hybridized carbons (Fsp3) is 0.595. The van der Waals surface area contributed by atoms with Gasteiger partial charge in [-0.05, 0) is 37.3 Å².